The van der Waals surface area contributed by atoms with Crippen molar-refractivity contribution < 1.29 is 68.2 Å². The molecular formula is C4H8KNO4S2. The molecule has 1 saturated heterocycles. The minimum atomic E-state index is -3.90. The fraction of sp³-hybridized carbons (Fsp3) is 1.00. The molecule has 0 bridgehead atoms. The van der Waals surface area contributed by atoms with Gasteiger partial charge in [-0.2, -0.15) is 0 Å². The fourth-order valence-corrected chi connectivity index (χ4v) is 4.47. The third-order valence-electron chi connectivity index (χ3n) is 1.63. The molecule has 1 fully saturated rings. The zero-order chi connectivity index (χ0) is 8.70. The summed E-state index contributed by atoms with van der Waals surface area (Å²) in [4.78, 5) is 0. The van der Waals surface area contributed by atoms with Gasteiger partial charge in [0.15, 0.2) is 9.84 Å². The van der Waals surface area contributed by atoms with Crippen molar-refractivity contribution in [3.8, 4) is 0 Å². The van der Waals surface area contributed by atoms with Crippen LogP contribution in [0.3, 0.4) is 0 Å². The topological polar surface area (TPSA) is 92.1 Å². The largest absolute Gasteiger partial charge is 1.00 e. The van der Waals surface area contributed by atoms with E-state index in [0.717, 1.165) is 0 Å². The SMILES string of the molecule is [K+].[NH-]S(=O)(=O)C1CCS(=O)(=O)C1. The summed E-state index contributed by atoms with van der Waals surface area (Å²) in [7, 11) is -7.08. The molecule has 12 heavy (non-hydrogen) atoms. The minimum Gasteiger partial charge on any atom is -0.564 e. The smallest absolute Gasteiger partial charge is 0.564 e. The van der Waals surface area contributed by atoms with E-state index in [1.54, 1.807) is 0 Å². The van der Waals surface area contributed by atoms with E-state index in [1.165, 1.54) is 0 Å². The molecule has 1 atom stereocenters. The summed E-state index contributed by atoms with van der Waals surface area (Å²) >= 11 is 0. The van der Waals surface area contributed by atoms with Crippen LogP contribution in [0, 0.1) is 0 Å². The van der Waals surface area contributed by atoms with Crippen molar-refractivity contribution in [3.05, 3.63) is 5.14 Å². The number of nitrogens with one attached hydrogen (secondary N) is 1. The molecule has 0 amide bonds. The Labute approximate surface area is 114 Å². The average Bonchev–Trinajstić information content (AvgIpc) is 2.07. The summed E-state index contributed by atoms with van der Waals surface area (Å²) in [6, 6.07) is 0. The minimum absolute atomic E-state index is 0. The molecule has 1 aliphatic heterocycles. The Morgan fingerprint density at radius 2 is 1.83 bits per heavy atom. The second kappa shape index (κ2) is 4.35. The second-order valence-electron chi connectivity index (χ2n) is 2.57. The molecule has 0 spiro atoms. The van der Waals surface area contributed by atoms with Crippen molar-refractivity contribution in [2.75, 3.05) is 11.5 Å². The quantitative estimate of drug-likeness (QED) is 0.444. The average molecular weight is 237 g/mol. The second-order valence-corrected chi connectivity index (χ2v) is 6.56. The summed E-state index contributed by atoms with van der Waals surface area (Å²) < 4.78 is 42.5. The number of rotatable bonds is 1. The van der Waals surface area contributed by atoms with Gasteiger partial charge in [0, 0.05) is 0 Å². The van der Waals surface area contributed by atoms with E-state index in [9.17, 15) is 16.8 Å². The summed E-state index contributed by atoms with van der Waals surface area (Å²) in [5.74, 6) is -0.478. The van der Waals surface area contributed by atoms with Gasteiger partial charge >= 0.3 is 51.4 Å². The van der Waals surface area contributed by atoms with Crippen molar-refractivity contribution in [2.24, 2.45) is 0 Å². The van der Waals surface area contributed by atoms with E-state index in [1.807, 2.05) is 0 Å². The molecule has 0 aromatic carbocycles. The maximum absolute atomic E-state index is 10.7. The Kier molecular flexibility index (Phi) is 4.89. The van der Waals surface area contributed by atoms with Crippen LogP contribution in [0.4, 0.5) is 0 Å². The zero-order valence-corrected chi connectivity index (χ0v) is 11.4. The molecule has 1 aliphatic rings. The van der Waals surface area contributed by atoms with Gasteiger partial charge in [0.1, 0.15) is 0 Å². The molecule has 0 aromatic heterocycles. The van der Waals surface area contributed by atoms with Gasteiger partial charge in [-0.15, -0.1) is 0 Å². The Hall–Kier alpha value is 1.50. The molecule has 0 aromatic rings. The maximum Gasteiger partial charge on any atom is 1.00 e. The van der Waals surface area contributed by atoms with Crippen LogP contribution in [0.5, 0.6) is 0 Å². The molecule has 66 valence electrons. The van der Waals surface area contributed by atoms with Crippen LogP contribution in [0.15, 0.2) is 0 Å². The molecule has 8 heteroatoms. The number of sulfone groups is 1. The molecule has 0 aliphatic carbocycles. The van der Waals surface area contributed by atoms with Crippen molar-refractivity contribution in [1.29, 1.82) is 0 Å². The first kappa shape index (κ1) is 13.5. The van der Waals surface area contributed by atoms with Gasteiger partial charge in [-0.1, -0.05) is 0 Å². The predicted octanol–water partition coefficient (Wildman–Crippen LogP) is -3.44. The monoisotopic (exact) mass is 237 g/mol. The Balaban J connectivity index is 0.00000121. The van der Waals surface area contributed by atoms with E-state index in [0.29, 0.717) is 0 Å². The Bertz CT molecular complexity index is 345. The number of hydrogen-bond donors (Lipinski definition) is 0. The van der Waals surface area contributed by atoms with E-state index >= 15 is 0 Å². The maximum atomic E-state index is 10.7. The van der Waals surface area contributed by atoms with Gasteiger partial charge in [0.05, 0.1) is 26.8 Å². The van der Waals surface area contributed by atoms with Crippen LogP contribution in [-0.4, -0.2) is 33.6 Å². The summed E-state index contributed by atoms with van der Waals surface area (Å²) in [6.07, 6.45) is 0.0775. The number of sulfonamides is 1. The molecule has 5 nitrogen and oxygen atoms in total. The molecule has 0 radical (unpaired) electrons. The third kappa shape index (κ3) is 3.70. The first-order valence-corrected chi connectivity index (χ1v) is 6.37. The van der Waals surface area contributed by atoms with Crippen LogP contribution in [-0.2, 0) is 19.9 Å². The fourth-order valence-electron chi connectivity index (χ4n) is 1.01. The van der Waals surface area contributed by atoms with Gasteiger partial charge in [-0.3, -0.25) is 0 Å². The molecule has 1 heterocycles. The molecule has 1 unspecified atom stereocenters. The van der Waals surface area contributed by atoms with Crippen molar-refractivity contribution in [1.82, 2.24) is 0 Å². The van der Waals surface area contributed by atoms with Crippen LogP contribution in [0.1, 0.15) is 6.42 Å². The van der Waals surface area contributed by atoms with Gasteiger partial charge in [0.25, 0.3) is 0 Å². The first-order valence-electron chi connectivity index (χ1n) is 3.00. The molecule has 1 N–H and O–H groups in total. The van der Waals surface area contributed by atoms with Crippen molar-refractivity contribution in [3.63, 3.8) is 0 Å². The van der Waals surface area contributed by atoms with E-state index in [-0.39, 0.29) is 69.3 Å². The van der Waals surface area contributed by atoms with E-state index in [4.69, 9.17) is 5.14 Å². The van der Waals surface area contributed by atoms with Crippen LogP contribution in [0.25, 0.3) is 5.14 Å². The standard InChI is InChI=1S/C4H8NO4S2.K/c5-11(8,9)4-1-2-10(6,7)3-4;/h4H,1-3H2,(H-,5,8,9);/q-1;+1. The van der Waals surface area contributed by atoms with Crippen LogP contribution < -0.4 is 51.4 Å². The molecular weight excluding hydrogens is 229 g/mol. The first-order chi connectivity index (χ1) is 4.81. The summed E-state index contributed by atoms with van der Waals surface area (Å²) in [5.41, 5.74) is 0. The third-order valence-corrected chi connectivity index (χ3v) is 4.89. The Morgan fingerprint density at radius 1 is 1.33 bits per heavy atom. The van der Waals surface area contributed by atoms with E-state index in [2.05, 4.69) is 0 Å². The molecule has 1 rings (SSSR count). The van der Waals surface area contributed by atoms with Crippen LogP contribution in [0.2, 0.25) is 0 Å². The number of hydrogen-bond acceptors (Lipinski definition) is 4. The Morgan fingerprint density at radius 3 is 2.00 bits per heavy atom. The van der Waals surface area contributed by atoms with Gasteiger partial charge in [-0.05, 0) is 6.42 Å². The summed E-state index contributed by atoms with van der Waals surface area (Å²) in [5, 5.41) is 5.62. The predicted molar refractivity (Wildman–Crippen MR) is 40.3 cm³/mol. The summed E-state index contributed by atoms with van der Waals surface area (Å²) in [6.45, 7) is 0. The van der Waals surface area contributed by atoms with E-state index < -0.39 is 25.1 Å². The van der Waals surface area contributed by atoms with Crippen molar-refractivity contribution >= 4 is 19.9 Å². The van der Waals surface area contributed by atoms with Crippen LogP contribution >= 0.6 is 0 Å². The molecule has 0 saturated carbocycles. The van der Waals surface area contributed by atoms with Crippen molar-refractivity contribution in [2.45, 2.75) is 11.7 Å². The van der Waals surface area contributed by atoms with Gasteiger partial charge < -0.3 is 5.14 Å². The van der Waals surface area contributed by atoms with Gasteiger partial charge in [0.2, 0.25) is 0 Å². The normalized spacial score (nSPS) is 27.9. The van der Waals surface area contributed by atoms with Gasteiger partial charge in [-0.25, -0.2) is 16.8 Å². The zero-order valence-electron chi connectivity index (χ0n) is 6.65.